The molecule has 0 spiro atoms. The lowest BCUT2D eigenvalue weighted by Crippen LogP contribution is -2.32. The Balaban J connectivity index is 2.13. The number of amides is 1. The van der Waals surface area contributed by atoms with Crippen LogP contribution in [0.15, 0.2) is 60.7 Å². The fourth-order valence-electron chi connectivity index (χ4n) is 2.52. The summed E-state index contributed by atoms with van der Waals surface area (Å²) in [6, 6.07) is 19.7. The zero-order valence-corrected chi connectivity index (χ0v) is 13.4. The van der Waals surface area contributed by atoms with Crippen molar-refractivity contribution in [2.24, 2.45) is 0 Å². The molecule has 0 aliphatic rings. The first-order valence-corrected chi connectivity index (χ1v) is 7.95. The van der Waals surface area contributed by atoms with Crippen molar-refractivity contribution < 1.29 is 4.79 Å². The predicted molar refractivity (Wildman–Crippen MR) is 94.4 cm³/mol. The number of nitrogens with one attached hydrogen (secondary N) is 1. The number of hydrogen-bond donors (Lipinski definition) is 1. The summed E-state index contributed by atoms with van der Waals surface area (Å²) in [5.74, 6) is -0.0462. The molecule has 0 bridgehead atoms. The first-order valence-electron chi connectivity index (χ1n) is 7.95. The molecular formula is C20H20N2O. The van der Waals surface area contributed by atoms with Crippen LogP contribution in [-0.2, 0) is 0 Å². The van der Waals surface area contributed by atoms with Crippen LogP contribution in [0.2, 0.25) is 0 Å². The molecule has 3 aromatic rings. The summed E-state index contributed by atoms with van der Waals surface area (Å²) >= 11 is 0. The maximum absolute atomic E-state index is 12.7. The van der Waals surface area contributed by atoms with Crippen molar-refractivity contribution >= 4 is 16.8 Å². The summed E-state index contributed by atoms with van der Waals surface area (Å²) in [4.78, 5) is 17.4. The number of carbonyl (C=O) groups excluding carboxylic acids is 1. The van der Waals surface area contributed by atoms with Crippen LogP contribution < -0.4 is 5.32 Å². The third kappa shape index (κ3) is 3.24. The summed E-state index contributed by atoms with van der Waals surface area (Å²) in [7, 11) is 0. The highest BCUT2D eigenvalue weighted by molar-refractivity contribution is 6.07. The number of carbonyl (C=O) groups is 1. The number of aromatic nitrogens is 1. The smallest absolute Gasteiger partial charge is 0.252 e. The van der Waals surface area contributed by atoms with E-state index in [1.807, 2.05) is 67.6 Å². The first-order chi connectivity index (χ1) is 11.2. The topological polar surface area (TPSA) is 42.0 Å². The van der Waals surface area contributed by atoms with E-state index < -0.39 is 0 Å². The van der Waals surface area contributed by atoms with Crippen molar-refractivity contribution in [1.29, 1.82) is 0 Å². The number of hydrogen-bond acceptors (Lipinski definition) is 2. The summed E-state index contributed by atoms with van der Waals surface area (Å²) in [5.41, 5.74) is 3.34. The van der Waals surface area contributed by atoms with Gasteiger partial charge < -0.3 is 5.32 Å². The first kappa shape index (κ1) is 15.2. The van der Waals surface area contributed by atoms with Crippen LogP contribution in [0.3, 0.4) is 0 Å². The molecule has 0 fully saturated rings. The van der Waals surface area contributed by atoms with Crippen molar-refractivity contribution in [3.05, 3.63) is 66.2 Å². The average Bonchev–Trinajstić information content (AvgIpc) is 2.61. The monoisotopic (exact) mass is 304 g/mol. The van der Waals surface area contributed by atoms with Gasteiger partial charge >= 0.3 is 0 Å². The number of nitrogens with zero attached hydrogens (tertiary/aromatic N) is 1. The molecule has 1 atom stereocenters. The van der Waals surface area contributed by atoms with Gasteiger partial charge in [0.1, 0.15) is 0 Å². The molecule has 0 unspecified atom stereocenters. The normalized spacial score (nSPS) is 12.1. The van der Waals surface area contributed by atoms with Gasteiger partial charge in [-0.3, -0.25) is 4.79 Å². The Bertz CT molecular complexity index is 827. The number of benzene rings is 2. The van der Waals surface area contributed by atoms with Crippen molar-refractivity contribution in [3.8, 4) is 11.3 Å². The molecule has 1 amide bonds. The Labute approximate surface area is 136 Å². The highest BCUT2D eigenvalue weighted by atomic mass is 16.1. The van der Waals surface area contributed by atoms with Gasteiger partial charge in [0.25, 0.3) is 5.91 Å². The van der Waals surface area contributed by atoms with E-state index >= 15 is 0 Å². The Morgan fingerprint density at radius 1 is 1.09 bits per heavy atom. The molecule has 0 saturated carbocycles. The van der Waals surface area contributed by atoms with Crippen LogP contribution >= 0.6 is 0 Å². The lowest BCUT2D eigenvalue weighted by atomic mass is 10.0. The van der Waals surface area contributed by atoms with Crippen LogP contribution in [0.25, 0.3) is 22.2 Å². The van der Waals surface area contributed by atoms with E-state index in [2.05, 4.69) is 12.2 Å². The molecule has 1 aromatic heterocycles. The quantitative estimate of drug-likeness (QED) is 0.774. The fourth-order valence-corrected chi connectivity index (χ4v) is 2.52. The highest BCUT2D eigenvalue weighted by Gasteiger charge is 2.15. The molecule has 0 saturated heterocycles. The van der Waals surface area contributed by atoms with E-state index in [-0.39, 0.29) is 11.9 Å². The van der Waals surface area contributed by atoms with Gasteiger partial charge in [0.15, 0.2) is 0 Å². The zero-order valence-electron chi connectivity index (χ0n) is 13.4. The van der Waals surface area contributed by atoms with Gasteiger partial charge in [0.05, 0.1) is 16.8 Å². The molecule has 1 N–H and O–H groups in total. The molecule has 0 aliphatic carbocycles. The molecule has 0 aliphatic heterocycles. The summed E-state index contributed by atoms with van der Waals surface area (Å²) < 4.78 is 0. The Kier molecular flexibility index (Phi) is 4.38. The molecular weight excluding hydrogens is 284 g/mol. The van der Waals surface area contributed by atoms with Gasteiger partial charge in [0, 0.05) is 17.0 Å². The van der Waals surface area contributed by atoms with E-state index in [0.29, 0.717) is 5.56 Å². The number of pyridine rings is 1. The molecule has 116 valence electrons. The second kappa shape index (κ2) is 6.61. The van der Waals surface area contributed by atoms with E-state index in [9.17, 15) is 4.79 Å². The van der Waals surface area contributed by atoms with Gasteiger partial charge in [-0.25, -0.2) is 4.98 Å². The van der Waals surface area contributed by atoms with Crippen molar-refractivity contribution in [2.45, 2.75) is 26.3 Å². The Morgan fingerprint density at radius 2 is 1.78 bits per heavy atom. The largest absolute Gasteiger partial charge is 0.350 e. The van der Waals surface area contributed by atoms with Crippen LogP contribution in [0.4, 0.5) is 0 Å². The van der Waals surface area contributed by atoms with Gasteiger partial charge in [-0.15, -0.1) is 0 Å². The van der Waals surface area contributed by atoms with Gasteiger partial charge in [-0.1, -0.05) is 55.5 Å². The predicted octanol–water partition coefficient (Wildman–Crippen LogP) is 4.43. The molecule has 3 rings (SSSR count). The lowest BCUT2D eigenvalue weighted by molar-refractivity contribution is 0.0941. The molecule has 23 heavy (non-hydrogen) atoms. The SMILES string of the molecule is CC[C@H](C)NC(=O)c1cc(-c2ccccc2)nc2ccccc12. The number of rotatable bonds is 4. The van der Waals surface area contributed by atoms with Crippen LogP contribution in [-0.4, -0.2) is 16.9 Å². The fraction of sp³-hybridized carbons (Fsp3) is 0.200. The third-order valence-electron chi connectivity index (χ3n) is 4.02. The standard InChI is InChI=1S/C20H20N2O/c1-3-14(2)21-20(23)17-13-19(15-9-5-4-6-10-15)22-18-12-8-7-11-16(17)18/h4-14H,3H2,1-2H3,(H,21,23)/t14-/m0/s1. The molecule has 2 aromatic carbocycles. The third-order valence-corrected chi connectivity index (χ3v) is 4.02. The lowest BCUT2D eigenvalue weighted by Gasteiger charge is -2.14. The van der Waals surface area contributed by atoms with Crippen molar-refractivity contribution in [3.63, 3.8) is 0 Å². The van der Waals surface area contributed by atoms with E-state index in [1.54, 1.807) is 0 Å². The Hall–Kier alpha value is -2.68. The van der Waals surface area contributed by atoms with Crippen molar-refractivity contribution in [2.75, 3.05) is 0 Å². The summed E-state index contributed by atoms with van der Waals surface area (Å²) in [5, 5.41) is 3.93. The second-order valence-electron chi connectivity index (χ2n) is 5.72. The number of fused-ring (bicyclic) bond motifs is 1. The minimum atomic E-state index is -0.0462. The molecule has 1 heterocycles. The van der Waals surface area contributed by atoms with Gasteiger partial charge in [0.2, 0.25) is 0 Å². The van der Waals surface area contributed by atoms with E-state index in [1.165, 1.54) is 0 Å². The van der Waals surface area contributed by atoms with E-state index in [4.69, 9.17) is 4.98 Å². The molecule has 3 heteroatoms. The van der Waals surface area contributed by atoms with E-state index in [0.717, 1.165) is 28.6 Å². The van der Waals surface area contributed by atoms with Crippen molar-refractivity contribution in [1.82, 2.24) is 10.3 Å². The minimum Gasteiger partial charge on any atom is -0.350 e. The maximum Gasteiger partial charge on any atom is 0.252 e. The zero-order chi connectivity index (χ0) is 16.2. The molecule has 0 radical (unpaired) electrons. The maximum atomic E-state index is 12.7. The second-order valence-corrected chi connectivity index (χ2v) is 5.72. The van der Waals surface area contributed by atoms with Crippen LogP contribution in [0, 0.1) is 0 Å². The van der Waals surface area contributed by atoms with Crippen LogP contribution in [0.1, 0.15) is 30.6 Å². The van der Waals surface area contributed by atoms with Gasteiger partial charge in [-0.05, 0) is 25.5 Å². The average molecular weight is 304 g/mol. The number of para-hydroxylation sites is 1. The summed E-state index contributed by atoms with van der Waals surface area (Å²) in [6.07, 6.45) is 0.903. The minimum absolute atomic E-state index is 0.0462. The Morgan fingerprint density at radius 3 is 2.52 bits per heavy atom. The molecule has 3 nitrogen and oxygen atoms in total. The summed E-state index contributed by atoms with van der Waals surface area (Å²) in [6.45, 7) is 4.07. The van der Waals surface area contributed by atoms with Crippen LogP contribution in [0.5, 0.6) is 0 Å². The highest BCUT2D eigenvalue weighted by Crippen LogP contribution is 2.24. The van der Waals surface area contributed by atoms with Gasteiger partial charge in [-0.2, -0.15) is 0 Å².